The third kappa shape index (κ3) is 2.51. The van der Waals surface area contributed by atoms with E-state index in [4.69, 9.17) is 16.9 Å². The molecule has 14 heavy (non-hydrogen) atoms. The van der Waals surface area contributed by atoms with Gasteiger partial charge in [0, 0.05) is 0 Å². The number of hydrogen-bond donors (Lipinski definition) is 0. The maximum Gasteiger partial charge on any atom is 0.280 e. The highest BCUT2D eigenvalue weighted by molar-refractivity contribution is 14.1. The third-order valence-corrected chi connectivity index (χ3v) is 2.95. The molecular formula is C8H4ClF2IN2. The van der Waals surface area contributed by atoms with Crippen LogP contribution >= 0.6 is 34.2 Å². The highest BCUT2D eigenvalue weighted by atomic mass is 127. The molecule has 1 heterocycles. The Kier molecular flexibility index (Phi) is 4.01. The lowest BCUT2D eigenvalue weighted by molar-refractivity contribution is 0.145. The van der Waals surface area contributed by atoms with Gasteiger partial charge in [-0.05, 0) is 34.2 Å². The predicted molar refractivity (Wildman–Crippen MR) is 56.2 cm³/mol. The molecule has 0 atom stereocenters. The van der Waals surface area contributed by atoms with Gasteiger partial charge in [-0.15, -0.1) is 0 Å². The molecule has 0 saturated heterocycles. The molecule has 1 aromatic rings. The van der Waals surface area contributed by atoms with Crippen LogP contribution in [0.25, 0.3) is 0 Å². The lowest BCUT2D eigenvalue weighted by Crippen LogP contribution is -2.00. The summed E-state index contributed by atoms with van der Waals surface area (Å²) in [6.07, 6.45) is -2.78. The number of nitriles is 1. The second-order valence-electron chi connectivity index (χ2n) is 2.44. The fourth-order valence-electron chi connectivity index (χ4n) is 0.933. The van der Waals surface area contributed by atoms with Crippen molar-refractivity contribution in [2.45, 2.75) is 12.8 Å². The van der Waals surface area contributed by atoms with Crippen molar-refractivity contribution >= 4 is 34.2 Å². The second kappa shape index (κ2) is 4.84. The number of aromatic nitrogens is 1. The van der Waals surface area contributed by atoms with E-state index in [-0.39, 0.29) is 17.1 Å². The van der Waals surface area contributed by atoms with Crippen LogP contribution in [0, 0.1) is 14.9 Å². The Balaban J connectivity index is 3.25. The van der Waals surface area contributed by atoms with Gasteiger partial charge in [0.15, 0.2) is 0 Å². The third-order valence-electron chi connectivity index (χ3n) is 1.52. The summed E-state index contributed by atoms with van der Waals surface area (Å²) in [5.41, 5.74) is -0.173. The standard InChI is InChI=1S/C8H4ClF2IN2/c9-7-5(12)3-4(1-2-13)6(14-7)8(10)11/h3,8H,1H2. The number of rotatable bonds is 2. The number of nitrogens with zero attached hydrogens (tertiary/aromatic N) is 2. The Morgan fingerprint density at radius 3 is 2.79 bits per heavy atom. The van der Waals surface area contributed by atoms with Gasteiger partial charge in [-0.2, -0.15) is 5.26 Å². The second-order valence-corrected chi connectivity index (χ2v) is 3.96. The van der Waals surface area contributed by atoms with Gasteiger partial charge in [-0.3, -0.25) is 0 Å². The van der Waals surface area contributed by atoms with E-state index in [0.29, 0.717) is 3.57 Å². The Bertz CT molecular complexity index is 390. The minimum Gasteiger partial charge on any atom is -0.234 e. The van der Waals surface area contributed by atoms with E-state index in [9.17, 15) is 8.78 Å². The van der Waals surface area contributed by atoms with Crippen LogP contribution in [0.2, 0.25) is 5.15 Å². The molecule has 0 unspecified atom stereocenters. The van der Waals surface area contributed by atoms with Crippen molar-refractivity contribution in [1.29, 1.82) is 5.26 Å². The number of pyridine rings is 1. The van der Waals surface area contributed by atoms with E-state index in [1.807, 2.05) is 22.6 Å². The molecule has 1 rings (SSSR count). The van der Waals surface area contributed by atoms with E-state index in [1.54, 1.807) is 6.07 Å². The first-order valence-corrected chi connectivity index (χ1v) is 5.02. The monoisotopic (exact) mass is 328 g/mol. The molecule has 0 aliphatic rings. The molecular weight excluding hydrogens is 324 g/mol. The first kappa shape index (κ1) is 11.6. The predicted octanol–water partition coefficient (Wildman–Crippen LogP) is 3.34. The normalized spacial score (nSPS) is 10.3. The average molecular weight is 328 g/mol. The molecule has 0 amide bonds. The summed E-state index contributed by atoms with van der Waals surface area (Å²) in [7, 11) is 0. The lowest BCUT2D eigenvalue weighted by atomic mass is 10.1. The van der Waals surface area contributed by atoms with Crippen LogP contribution in [0.1, 0.15) is 17.7 Å². The molecule has 0 bridgehead atoms. The highest BCUT2D eigenvalue weighted by Gasteiger charge is 2.16. The van der Waals surface area contributed by atoms with E-state index < -0.39 is 12.1 Å². The van der Waals surface area contributed by atoms with E-state index in [1.165, 1.54) is 6.07 Å². The summed E-state index contributed by atoms with van der Waals surface area (Å²) >= 11 is 7.48. The minimum absolute atomic E-state index is 0.0441. The van der Waals surface area contributed by atoms with Crippen LogP contribution in [0.3, 0.4) is 0 Å². The van der Waals surface area contributed by atoms with Crippen LogP contribution in [0.5, 0.6) is 0 Å². The Morgan fingerprint density at radius 2 is 2.29 bits per heavy atom. The molecule has 6 heteroatoms. The minimum atomic E-state index is -2.70. The summed E-state index contributed by atoms with van der Waals surface area (Å²) in [5, 5.41) is 8.47. The van der Waals surface area contributed by atoms with E-state index >= 15 is 0 Å². The Hall–Kier alpha value is -0.480. The smallest absolute Gasteiger partial charge is 0.234 e. The van der Waals surface area contributed by atoms with E-state index in [2.05, 4.69) is 4.98 Å². The zero-order valence-corrected chi connectivity index (χ0v) is 9.68. The summed E-state index contributed by atoms with van der Waals surface area (Å²) in [6, 6.07) is 3.27. The average Bonchev–Trinajstić information content (AvgIpc) is 2.11. The molecule has 0 fully saturated rings. The molecule has 0 N–H and O–H groups in total. The maximum atomic E-state index is 12.4. The van der Waals surface area contributed by atoms with Crippen molar-refractivity contribution in [1.82, 2.24) is 4.98 Å². The summed E-state index contributed by atoms with van der Waals surface area (Å²) in [5.74, 6) is 0. The molecule has 0 radical (unpaired) electrons. The fraction of sp³-hybridized carbons (Fsp3) is 0.250. The molecule has 74 valence electrons. The van der Waals surface area contributed by atoms with E-state index in [0.717, 1.165) is 0 Å². The topological polar surface area (TPSA) is 36.7 Å². The number of alkyl halides is 2. The van der Waals surface area contributed by atoms with Gasteiger partial charge in [0.25, 0.3) is 6.43 Å². The number of hydrogen-bond acceptors (Lipinski definition) is 2. The summed E-state index contributed by atoms with van der Waals surface area (Å²) < 4.78 is 25.4. The molecule has 1 aromatic heterocycles. The zero-order chi connectivity index (χ0) is 10.7. The maximum absolute atomic E-state index is 12.4. The quantitative estimate of drug-likeness (QED) is 0.617. The summed E-state index contributed by atoms with van der Waals surface area (Å²) in [4.78, 5) is 3.55. The van der Waals surface area contributed by atoms with Crippen molar-refractivity contribution < 1.29 is 8.78 Å². The zero-order valence-electron chi connectivity index (χ0n) is 6.77. The van der Waals surface area contributed by atoms with Crippen LogP contribution in [-0.4, -0.2) is 4.98 Å². The van der Waals surface area contributed by atoms with Crippen molar-refractivity contribution in [3.63, 3.8) is 0 Å². The van der Waals surface area contributed by atoms with Crippen LogP contribution in [0.4, 0.5) is 8.78 Å². The van der Waals surface area contributed by atoms with Crippen LogP contribution < -0.4 is 0 Å². The van der Waals surface area contributed by atoms with Crippen molar-refractivity contribution in [3.05, 3.63) is 26.0 Å². The Morgan fingerprint density at radius 1 is 1.64 bits per heavy atom. The number of halogens is 4. The SMILES string of the molecule is N#CCc1cc(I)c(Cl)nc1C(F)F. The van der Waals surface area contributed by atoms with Crippen molar-refractivity contribution in [2.24, 2.45) is 0 Å². The summed E-state index contributed by atoms with van der Waals surface area (Å²) in [6.45, 7) is 0. The van der Waals surface area contributed by atoms with Crippen molar-refractivity contribution in [2.75, 3.05) is 0 Å². The molecule has 0 aliphatic heterocycles. The fourth-order valence-corrected chi connectivity index (χ4v) is 1.58. The lowest BCUT2D eigenvalue weighted by Gasteiger charge is -2.06. The van der Waals surface area contributed by atoms with Crippen molar-refractivity contribution in [3.8, 4) is 6.07 Å². The first-order valence-electron chi connectivity index (χ1n) is 3.56. The molecule has 0 spiro atoms. The van der Waals surface area contributed by atoms with Crippen LogP contribution in [-0.2, 0) is 6.42 Å². The van der Waals surface area contributed by atoms with Gasteiger partial charge < -0.3 is 0 Å². The largest absolute Gasteiger partial charge is 0.280 e. The van der Waals surface area contributed by atoms with Crippen LogP contribution in [0.15, 0.2) is 6.07 Å². The van der Waals surface area contributed by atoms with Gasteiger partial charge in [0.1, 0.15) is 10.8 Å². The van der Waals surface area contributed by atoms with Gasteiger partial charge in [-0.25, -0.2) is 13.8 Å². The van der Waals surface area contributed by atoms with Gasteiger partial charge in [0.2, 0.25) is 0 Å². The Labute approximate surface area is 98.0 Å². The molecule has 0 aliphatic carbocycles. The molecule has 0 aromatic carbocycles. The molecule has 2 nitrogen and oxygen atoms in total. The highest BCUT2D eigenvalue weighted by Crippen LogP contribution is 2.26. The van der Waals surface area contributed by atoms with Gasteiger partial charge in [-0.1, -0.05) is 11.6 Å². The van der Waals surface area contributed by atoms with Gasteiger partial charge in [0.05, 0.1) is 16.1 Å². The molecule has 0 saturated carbocycles. The first-order chi connectivity index (χ1) is 6.56. The van der Waals surface area contributed by atoms with Gasteiger partial charge >= 0.3 is 0 Å².